The first-order valence-corrected chi connectivity index (χ1v) is 6.65. The second kappa shape index (κ2) is 5.60. The van der Waals surface area contributed by atoms with Gasteiger partial charge in [0.2, 0.25) is 0 Å². The van der Waals surface area contributed by atoms with Gasteiger partial charge < -0.3 is 4.74 Å². The molecule has 0 fully saturated rings. The first-order chi connectivity index (χ1) is 7.54. The summed E-state index contributed by atoms with van der Waals surface area (Å²) in [5.41, 5.74) is 3.45. The zero-order chi connectivity index (χ0) is 12.3. The summed E-state index contributed by atoms with van der Waals surface area (Å²) in [6, 6.07) is 2.14. The van der Waals surface area contributed by atoms with Crippen molar-refractivity contribution in [1.29, 1.82) is 5.26 Å². The highest BCUT2D eigenvalue weighted by molar-refractivity contribution is 9.10. The van der Waals surface area contributed by atoms with Gasteiger partial charge in [0.25, 0.3) is 0 Å². The van der Waals surface area contributed by atoms with E-state index in [1.807, 2.05) is 13.8 Å². The Morgan fingerprint density at radius 1 is 1.25 bits per heavy atom. The molecule has 86 valence electrons. The third-order valence-electron chi connectivity index (χ3n) is 2.59. The van der Waals surface area contributed by atoms with Crippen LogP contribution < -0.4 is 4.74 Å². The SMILES string of the molecule is COc1c(C)c(C)c(Br)c(C)c1SCC#N. The largest absolute Gasteiger partial charge is 0.495 e. The maximum absolute atomic E-state index is 8.65. The first-order valence-electron chi connectivity index (χ1n) is 4.87. The van der Waals surface area contributed by atoms with Crippen LogP contribution in [0.25, 0.3) is 0 Å². The lowest BCUT2D eigenvalue weighted by molar-refractivity contribution is 0.400. The topological polar surface area (TPSA) is 33.0 Å². The van der Waals surface area contributed by atoms with E-state index in [1.165, 1.54) is 17.3 Å². The Morgan fingerprint density at radius 2 is 1.88 bits per heavy atom. The molecule has 0 bridgehead atoms. The molecule has 0 heterocycles. The van der Waals surface area contributed by atoms with Crippen molar-refractivity contribution in [2.24, 2.45) is 0 Å². The molecule has 0 radical (unpaired) electrons. The van der Waals surface area contributed by atoms with Gasteiger partial charge in [-0.1, -0.05) is 15.9 Å². The summed E-state index contributed by atoms with van der Waals surface area (Å²) in [4.78, 5) is 1.05. The normalized spacial score (nSPS) is 10.0. The fourth-order valence-electron chi connectivity index (χ4n) is 1.58. The number of ether oxygens (including phenoxy) is 1. The van der Waals surface area contributed by atoms with Crippen molar-refractivity contribution in [1.82, 2.24) is 0 Å². The fraction of sp³-hybridized carbons (Fsp3) is 0.417. The van der Waals surface area contributed by atoms with Crippen molar-refractivity contribution < 1.29 is 4.74 Å². The number of rotatable bonds is 3. The summed E-state index contributed by atoms with van der Waals surface area (Å²) in [6.45, 7) is 6.14. The molecule has 0 amide bonds. The Labute approximate surface area is 109 Å². The van der Waals surface area contributed by atoms with Gasteiger partial charge in [0.05, 0.1) is 23.8 Å². The molecule has 0 aliphatic heterocycles. The molecule has 4 heteroatoms. The van der Waals surface area contributed by atoms with E-state index in [-0.39, 0.29) is 0 Å². The Morgan fingerprint density at radius 3 is 2.38 bits per heavy atom. The quantitative estimate of drug-likeness (QED) is 0.791. The lowest BCUT2D eigenvalue weighted by Crippen LogP contribution is -1.98. The summed E-state index contributed by atoms with van der Waals surface area (Å²) in [5, 5.41) is 8.65. The predicted octanol–water partition coefficient (Wildman–Crippen LogP) is 4.00. The molecule has 0 aromatic heterocycles. The van der Waals surface area contributed by atoms with Gasteiger partial charge in [-0.25, -0.2) is 0 Å². The Kier molecular flexibility index (Phi) is 4.69. The summed E-state index contributed by atoms with van der Waals surface area (Å²) < 4.78 is 6.54. The van der Waals surface area contributed by atoms with Crippen molar-refractivity contribution in [3.63, 3.8) is 0 Å². The van der Waals surface area contributed by atoms with Crippen LogP contribution in [0, 0.1) is 32.1 Å². The molecule has 1 rings (SSSR count). The predicted molar refractivity (Wildman–Crippen MR) is 71.2 cm³/mol. The van der Waals surface area contributed by atoms with Gasteiger partial charge in [-0.05, 0) is 37.5 Å². The van der Waals surface area contributed by atoms with Crippen LogP contribution in [-0.4, -0.2) is 12.9 Å². The average Bonchev–Trinajstić information content (AvgIpc) is 2.29. The molecule has 0 unspecified atom stereocenters. The Hall–Kier alpha value is -0.660. The number of methoxy groups -OCH3 is 1. The number of benzene rings is 1. The standard InChI is InChI=1S/C12H14BrNOS/c1-7-8(2)11(15-4)12(16-6-5-14)9(3)10(7)13/h6H2,1-4H3. The van der Waals surface area contributed by atoms with E-state index in [9.17, 15) is 0 Å². The fourth-order valence-corrected chi connectivity index (χ4v) is 3.10. The van der Waals surface area contributed by atoms with E-state index < -0.39 is 0 Å². The van der Waals surface area contributed by atoms with Crippen molar-refractivity contribution >= 4 is 27.7 Å². The minimum absolute atomic E-state index is 0.437. The molecule has 0 saturated heterocycles. The van der Waals surface area contributed by atoms with E-state index in [1.54, 1.807) is 7.11 Å². The summed E-state index contributed by atoms with van der Waals surface area (Å²) in [7, 11) is 1.67. The number of hydrogen-bond donors (Lipinski definition) is 0. The highest BCUT2D eigenvalue weighted by atomic mass is 79.9. The molecule has 0 aliphatic rings. The van der Waals surface area contributed by atoms with Crippen LogP contribution in [0.2, 0.25) is 0 Å². The third kappa shape index (κ3) is 2.36. The van der Waals surface area contributed by atoms with Crippen LogP contribution in [0.15, 0.2) is 9.37 Å². The van der Waals surface area contributed by atoms with Crippen LogP contribution in [0.1, 0.15) is 16.7 Å². The van der Waals surface area contributed by atoms with Crippen LogP contribution in [-0.2, 0) is 0 Å². The minimum Gasteiger partial charge on any atom is -0.495 e. The number of nitriles is 1. The van der Waals surface area contributed by atoms with Gasteiger partial charge >= 0.3 is 0 Å². The van der Waals surface area contributed by atoms with Gasteiger partial charge in [0, 0.05) is 4.47 Å². The molecule has 2 nitrogen and oxygen atoms in total. The zero-order valence-electron chi connectivity index (χ0n) is 9.85. The second-order valence-electron chi connectivity index (χ2n) is 3.50. The molecular formula is C12H14BrNOS. The van der Waals surface area contributed by atoms with Crippen molar-refractivity contribution in [3.05, 3.63) is 21.2 Å². The molecule has 1 aromatic rings. The molecule has 1 aromatic carbocycles. The molecule has 0 spiro atoms. The highest BCUT2D eigenvalue weighted by Gasteiger charge is 2.16. The summed E-state index contributed by atoms with van der Waals surface area (Å²) >= 11 is 5.10. The van der Waals surface area contributed by atoms with Gasteiger partial charge in [-0.2, -0.15) is 5.26 Å². The van der Waals surface area contributed by atoms with Crippen LogP contribution in [0.4, 0.5) is 0 Å². The second-order valence-corrected chi connectivity index (χ2v) is 5.28. The van der Waals surface area contributed by atoms with Gasteiger partial charge in [0.1, 0.15) is 5.75 Å². The first kappa shape index (κ1) is 13.4. The lowest BCUT2D eigenvalue weighted by Gasteiger charge is -2.17. The van der Waals surface area contributed by atoms with Crippen molar-refractivity contribution in [2.75, 3.05) is 12.9 Å². The van der Waals surface area contributed by atoms with E-state index in [4.69, 9.17) is 10.00 Å². The molecular weight excluding hydrogens is 286 g/mol. The van der Waals surface area contributed by atoms with E-state index >= 15 is 0 Å². The van der Waals surface area contributed by atoms with Gasteiger partial charge in [0.15, 0.2) is 0 Å². The number of halogens is 1. The van der Waals surface area contributed by atoms with E-state index in [0.29, 0.717) is 5.75 Å². The smallest absolute Gasteiger partial charge is 0.135 e. The van der Waals surface area contributed by atoms with Gasteiger partial charge in [-0.15, -0.1) is 11.8 Å². The lowest BCUT2D eigenvalue weighted by atomic mass is 10.1. The molecule has 0 aliphatic carbocycles. The zero-order valence-corrected chi connectivity index (χ0v) is 12.3. The summed E-state index contributed by atoms with van der Waals surface area (Å²) in [5.74, 6) is 1.32. The van der Waals surface area contributed by atoms with Crippen LogP contribution >= 0.6 is 27.7 Å². The van der Waals surface area contributed by atoms with Crippen molar-refractivity contribution in [2.45, 2.75) is 25.7 Å². The Balaban J connectivity index is 3.40. The molecule has 0 atom stereocenters. The number of thioether (sulfide) groups is 1. The maximum atomic E-state index is 8.65. The molecule has 0 saturated carbocycles. The highest BCUT2D eigenvalue weighted by Crippen LogP contribution is 2.41. The average molecular weight is 300 g/mol. The minimum atomic E-state index is 0.437. The van der Waals surface area contributed by atoms with Crippen LogP contribution in [0.3, 0.4) is 0 Å². The Bertz CT molecular complexity index is 452. The molecule has 0 N–H and O–H groups in total. The monoisotopic (exact) mass is 299 g/mol. The van der Waals surface area contributed by atoms with Crippen molar-refractivity contribution in [3.8, 4) is 11.8 Å². The summed E-state index contributed by atoms with van der Waals surface area (Å²) in [6.07, 6.45) is 0. The van der Waals surface area contributed by atoms with E-state index in [0.717, 1.165) is 26.2 Å². The maximum Gasteiger partial charge on any atom is 0.135 e. The number of nitrogens with zero attached hydrogens (tertiary/aromatic N) is 1. The number of hydrogen-bond acceptors (Lipinski definition) is 3. The third-order valence-corrected chi connectivity index (χ3v) is 4.84. The van der Waals surface area contributed by atoms with Crippen LogP contribution in [0.5, 0.6) is 5.75 Å². The van der Waals surface area contributed by atoms with Gasteiger partial charge in [-0.3, -0.25) is 0 Å². The molecule has 16 heavy (non-hydrogen) atoms. The van der Waals surface area contributed by atoms with E-state index in [2.05, 4.69) is 28.9 Å².